The Bertz CT molecular complexity index is 1250. The fourth-order valence-corrected chi connectivity index (χ4v) is 5.58. The second kappa shape index (κ2) is 10.6. The van der Waals surface area contributed by atoms with Crippen LogP contribution in [0.25, 0.3) is 0 Å². The zero-order valence-electron chi connectivity index (χ0n) is 21.0. The smallest absolute Gasteiger partial charge is 0.294 e. The Kier molecular flexibility index (Phi) is 7.10. The summed E-state index contributed by atoms with van der Waals surface area (Å²) in [6.45, 7) is 3.57. The molecule has 1 fully saturated rings. The number of anilines is 2. The maximum absolute atomic E-state index is 13.9. The summed E-state index contributed by atoms with van der Waals surface area (Å²) in [5.74, 6) is -0.311. The number of hydrogen-bond acceptors (Lipinski definition) is 5. The first kappa shape index (κ1) is 24.8. The molecule has 5 rings (SSSR count). The molecule has 1 aromatic heterocycles. The maximum atomic E-state index is 13.9. The molecule has 2 aliphatic heterocycles. The lowest BCUT2D eigenvalue weighted by Crippen LogP contribution is -2.50. The quantitative estimate of drug-likeness (QED) is 0.552. The van der Waals surface area contributed by atoms with Gasteiger partial charge in [0.2, 0.25) is 11.8 Å². The monoisotopic (exact) mass is 500 g/mol. The van der Waals surface area contributed by atoms with Gasteiger partial charge in [0.1, 0.15) is 0 Å². The van der Waals surface area contributed by atoms with Crippen LogP contribution in [0.15, 0.2) is 77.4 Å². The van der Waals surface area contributed by atoms with Crippen LogP contribution in [0.2, 0.25) is 0 Å². The molecule has 0 unspecified atom stereocenters. The van der Waals surface area contributed by atoms with E-state index in [2.05, 4.69) is 4.90 Å². The summed E-state index contributed by atoms with van der Waals surface area (Å²) >= 11 is 0. The second-order valence-electron chi connectivity index (χ2n) is 9.86. The molecular weight excluding hydrogens is 468 g/mol. The van der Waals surface area contributed by atoms with Crippen LogP contribution in [0.4, 0.5) is 11.4 Å². The predicted molar refractivity (Wildman–Crippen MR) is 141 cm³/mol. The van der Waals surface area contributed by atoms with Gasteiger partial charge < -0.3 is 20.0 Å². The van der Waals surface area contributed by atoms with Gasteiger partial charge in [0.25, 0.3) is 5.91 Å². The molecule has 2 N–H and O–H groups in total. The van der Waals surface area contributed by atoms with E-state index in [9.17, 15) is 14.4 Å². The van der Waals surface area contributed by atoms with E-state index in [0.29, 0.717) is 32.4 Å². The van der Waals surface area contributed by atoms with Gasteiger partial charge in [-0.2, -0.15) is 0 Å². The number of fused-ring (bicyclic) bond motifs is 1. The summed E-state index contributed by atoms with van der Waals surface area (Å²) in [6, 6.07) is 20.4. The Hall–Kier alpha value is -3.91. The fourth-order valence-electron chi connectivity index (χ4n) is 5.58. The average Bonchev–Trinajstić information content (AvgIpc) is 3.45. The Morgan fingerprint density at radius 1 is 0.973 bits per heavy atom. The highest BCUT2D eigenvalue weighted by Crippen LogP contribution is 2.42. The van der Waals surface area contributed by atoms with Crippen LogP contribution in [0.5, 0.6) is 0 Å². The summed E-state index contributed by atoms with van der Waals surface area (Å²) in [7, 11) is 0. The molecule has 0 aliphatic carbocycles. The van der Waals surface area contributed by atoms with E-state index in [4.69, 9.17) is 10.2 Å². The normalized spacial score (nSPS) is 20.3. The van der Waals surface area contributed by atoms with Gasteiger partial charge in [0.15, 0.2) is 5.76 Å². The van der Waals surface area contributed by atoms with Crippen LogP contribution in [0.1, 0.15) is 48.3 Å². The lowest BCUT2D eigenvalue weighted by atomic mass is 9.89. The van der Waals surface area contributed by atoms with Crippen molar-refractivity contribution in [3.63, 3.8) is 0 Å². The minimum atomic E-state index is -0.265. The van der Waals surface area contributed by atoms with E-state index in [1.54, 1.807) is 17.0 Å². The number of rotatable bonds is 6. The zero-order valence-corrected chi connectivity index (χ0v) is 21.0. The highest BCUT2D eigenvalue weighted by atomic mass is 16.3. The molecule has 0 radical (unpaired) electrons. The van der Waals surface area contributed by atoms with Crippen LogP contribution in [0, 0.1) is 5.92 Å². The zero-order chi connectivity index (χ0) is 25.9. The van der Waals surface area contributed by atoms with Crippen molar-refractivity contribution >= 4 is 29.1 Å². The van der Waals surface area contributed by atoms with Gasteiger partial charge in [-0.3, -0.25) is 19.3 Å². The lowest BCUT2D eigenvalue weighted by molar-refractivity contribution is -0.123. The van der Waals surface area contributed by atoms with E-state index >= 15 is 0 Å². The van der Waals surface area contributed by atoms with Crippen LogP contribution < -0.4 is 15.5 Å². The van der Waals surface area contributed by atoms with Gasteiger partial charge in [0, 0.05) is 23.3 Å². The number of hydrogen-bond donors (Lipinski definition) is 1. The summed E-state index contributed by atoms with van der Waals surface area (Å²) in [5, 5.41) is 0. The van der Waals surface area contributed by atoms with E-state index in [0.717, 1.165) is 16.9 Å². The SMILES string of the molecule is C[C@@H]1C[C@H](N(C(=O)CN2CCC(C(N)=O)CC2)c2ccccc2)c2ccccc2N1C(=O)c1ccco1. The Morgan fingerprint density at radius 3 is 2.35 bits per heavy atom. The average molecular weight is 501 g/mol. The van der Waals surface area contributed by atoms with Crippen molar-refractivity contribution in [2.45, 2.75) is 38.3 Å². The number of benzene rings is 2. The Balaban J connectivity index is 1.46. The molecule has 2 aliphatic rings. The summed E-state index contributed by atoms with van der Waals surface area (Å²) < 4.78 is 5.41. The molecule has 2 atom stereocenters. The van der Waals surface area contributed by atoms with Crippen molar-refractivity contribution in [2.75, 3.05) is 29.4 Å². The number of nitrogens with zero attached hydrogens (tertiary/aromatic N) is 3. The number of amides is 3. The molecule has 2 aromatic carbocycles. The first-order valence-corrected chi connectivity index (χ1v) is 12.8. The highest BCUT2D eigenvalue weighted by molar-refractivity contribution is 6.06. The van der Waals surface area contributed by atoms with Gasteiger partial charge in [0.05, 0.1) is 18.8 Å². The van der Waals surface area contributed by atoms with Gasteiger partial charge in [-0.15, -0.1) is 0 Å². The summed E-state index contributed by atoms with van der Waals surface area (Å²) in [4.78, 5) is 44.6. The molecule has 8 heteroatoms. The summed E-state index contributed by atoms with van der Waals surface area (Å²) in [6.07, 6.45) is 3.41. The van der Waals surface area contributed by atoms with Crippen molar-refractivity contribution < 1.29 is 18.8 Å². The predicted octanol–water partition coefficient (Wildman–Crippen LogP) is 3.99. The van der Waals surface area contributed by atoms with Crippen molar-refractivity contribution in [3.8, 4) is 0 Å². The van der Waals surface area contributed by atoms with E-state index in [1.807, 2.05) is 66.4 Å². The molecule has 0 bridgehead atoms. The van der Waals surface area contributed by atoms with Crippen LogP contribution >= 0.6 is 0 Å². The van der Waals surface area contributed by atoms with E-state index < -0.39 is 0 Å². The second-order valence-corrected chi connectivity index (χ2v) is 9.86. The Labute approximate surface area is 216 Å². The molecule has 0 saturated carbocycles. The molecule has 3 aromatic rings. The Morgan fingerprint density at radius 2 is 1.68 bits per heavy atom. The lowest BCUT2D eigenvalue weighted by Gasteiger charge is -2.44. The highest BCUT2D eigenvalue weighted by Gasteiger charge is 2.39. The van der Waals surface area contributed by atoms with E-state index in [1.165, 1.54) is 6.26 Å². The topological polar surface area (TPSA) is 100 Å². The van der Waals surface area contributed by atoms with Crippen molar-refractivity contribution in [2.24, 2.45) is 11.7 Å². The minimum absolute atomic E-state index is 0.0125. The number of primary amides is 1. The molecule has 3 amide bonds. The van der Waals surface area contributed by atoms with Crippen molar-refractivity contribution in [1.29, 1.82) is 0 Å². The van der Waals surface area contributed by atoms with Gasteiger partial charge >= 0.3 is 0 Å². The number of carbonyl (C=O) groups excluding carboxylic acids is 3. The number of piperidine rings is 1. The van der Waals surface area contributed by atoms with E-state index in [-0.39, 0.29) is 48.0 Å². The first-order valence-electron chi connectivity index (χ1n) is 12.8. The molecule has 192 valence electrons. The molecule has 8 nitrogen and oxygen atoms in total. The number of nitrogens with two attached hydrogens (primary N) is 1. The number of furan rings is 1. The van der Waals surface area contributed by atoms with Crippen molar-refractivity contribution in [1.82, 2.24) is 4.90 Å². The third-order valence-corrected chi connectivity index (χ3v) is 7.47. The molecule has 1 saturated heterocycles. The van der Waals surface area contributed by atoms with Crippen molar-refractivity contribution in [3.05, 3.63) is 84.3 Å². The minimum Gasteiger partial charge on any atom is -0.459 e. The molecule has 0 spiro atoms. The molecule has 3 heterocycles. The number of carbonyl (C=O) groups is 3. The fraction of sp³-hybridized carbons (Fsp3) is 0.345. The standard InChI is InChI=1S/C29H32N4O4/c1-20-18-25(23-10-5-6-11-24(23)32(20)29(36)26-12-7-17-37-26)33(22-8-3-2-4-9-22)27(34)19-31-15-13-21(14-16-31)28(30)35/h2-12,17,20-21,25H,13-16,18-19H2,1H3,(H2,30,35)/t20-,25+/m1/s1. The first-order chi connectivity index (χ1) is 17.9. The molecule has 37 heavy (non-hydrogen) atoms. The number of likely N-dealkylation sites (tertiary alicyclic amines) is 1. The van der Waals surface area contributed by atoms with Gasteiger partial charge in [-0.05, 0) is 75.2 Å². The maximum Gasteiger partial charge on any atom is 0.294 e. The summed E-state index contributed by atoms with van der Waals surface area (Å²) in [5.41, 5.74) is 8.01. The van der Waals surface area contributed by atoms with Gasteiger partial charge in [-0.1, -0.05) is 36.4 Å². The largest absolute Gasteiger partial charge is 0.459 e. The van der Waals surface area contributed by atoms with Crippen LogP contribution in [-0.4, -0.2) is 48.3 Å². The van der Waals surface area contributed by atoms with Gasteiger partial charge in [-0.25, -0.2) is 0 Å². The molecular formula is C29H32N4O4. The third kappa shape index (κ3) is 5.02. The van der Waals surface area contributed by atoms with Crippen LogP contribution in [0.3, 0.4) is 0 Å². The van der Waals surface area contributed by atoms with Crippen LogP contribution in [-0.2, 0) is 9.59 Å². The third-order valence-electron chi connectivity index (χ3n) is 7.47. The number of para-hydroxylation sites is 2.